The summed E-state index contributed by atoms with van der Waals surface area (Å²) in [6, 6.07) is 17.9. The van der Waals surface area contributed by atoms with Gasteiger partial charge in [-0.15, -0.1) is 0 Å². The Morgan fingerprint density at radius 3 is 1.12 bits per heavy atom. The normalized spacial score (nSPS) is 17.6. The lowest BCUT2D eigenvalue weighted by molar-refractivity contribution is -0.145. The average molecular weight is 939 g/mol. The molecule has 0 bridgehead atoms. The second-order valence-electron chi connectivity index (χ2n) is 16.8. The van der Waals surface area contributed by atoms with Crippen molar-refractivity contribution in [1.82, 2.24) is 0 Å². The third-order valence-corrected chi connectivity index (χ3v) is 11.8. The number of esters is 6. The molecule has 15 heteroatoms. The molecule has 2 fully saturated rings. The van der Waals surface area contributed by atoms with Crippen molar-refractivity contribution in [1.29, 1.82) is 0 Å². The third-order valence-electron chi connectivity index (χ3n) is 11.8. The highest BCUT2D eigenvalue weighted by atomic mass is 16.6. The van der Waals surface area contributed by atoms with Crippen LogP contribution in [0.4, 0.5) is 0 Å². The summed E-state index contributed by atoms with van der Waals surface area (Å²) in [6.07, 6.45) is 13.2. The van der Waals surface area contributed by atoms with Gasteiger partial charge >= 0.3 is 35.8 Å². The average Bonchev–Trinajstić information content (AvgIpc) is 3.36. The molecule has 2 aliphatic carbocycles. The van der Waals surface area contributed by atoms with E-state index in [1.165, 1.54) is 18.2 Å². The van der Waals surface area contributed by atoms with Gasteiger partial charge in [0.2, 0.25) is 0 Å². The van der Waals surface area contributed by atoms with Crippen molar-refractivity contribution >= 4 is 42.1 Å². The number of hydrogen-bond acceptors (Lipinski definition) is 15. The van der Waals surface area contributed by atoms with Crippen LogP contribution in [0.3, 0.4) is 0 Å². The lowest BCUT2D eigenvalue weighted by atomic mass is 9.82. The summed E-state index contributed by atoms with van der Waals surface area (Å²) in [5.41, 5.74) is 0.0431. The van der Waals surface area contributed by atoms with Gasteiger partial charge in [0.05, 0.1) is 55.7 Å². The predicted octanol–water partition coefficient (Wildman–Crippen LogP) is 9.47. The first kappa shape index (κ1) is 52.2. The smallest absolute Gasteiger partial charge is 0.330 e. The highest BCUT2D eigenvalue weighted by Gasteiger charge is 2.34. The lowest BCUT2D eigenvalue weighted by Crippen LogP contribution is -2.30. The Kier molecular flexibility index (Phi) is 21.8. The molecule has 15 nitrogen and oxygen atoms in total. The van der Waals surface area contributed by atoms with Gasteiger partial charge in [0.1, 0.15) is 34.5 Å². The molecule has 3 aromatic carbocycles. The Bertz CT molecular complexity index is 2150. The van der Waals surface area contributed by atoms with E-state index >= 15 is 0 Å². The van der Waals surface area contributed by atoms with E-state index < -0.39 is 35.7 Å². The number of carbonyl (C=O) groups is 7. The maximum absolute atomic E-state index is 13.2. The van der Waals surface area contributed by atoms with Gasteiger partial charge in [-0.2, -0.15) is 0 Å². The van der Waals surface area contributed by atoms with Crippen LogP contribution in [0.5, 0.6) is 34.5 Å². The summed E-state index contributed by atoms with van der Waals surface area (Å²) in [7, 11) is 0. The van der Waals surface area contributed by atoms with Gasteiger partial charge in [-0.25, -0.2) is 9.59 Å². The standard InChI is InChI=1S/C53H62O15/c1-3-48(55)63-33-11-7-5-9-31-61-42-21-25-44(26-22-42)65-50(57)37-13-15-39(16-14-37)52(59)67-46-29-30-47(41(35-46)36-54)68-53(60)40-19-17-38(18-20-40)51(58)66-45-27-23-43(24-28-45)62-32-10-6-8-12-34-64-49(56)4-2/h3-4,21-30,35-40H,1-2,5-20,31-34H2/t37-,38-,39-,40-. The molecule has 0 unspecified atom stereocenters. The maximum atomic E-state index is 13.2. The van der Waals surface area contributed by atoms with Crippen LogP contribution in [0.25, 0.3) is 0 Å². The van der Waals surface area contributed by atoms with Crippen molar-refractivity contribution in [3.63, 3.8) is 0 Å². The summed E-state index contributed by atoms with van der Waals surface area (Å²) >= 11 is 0. The van der Waals surface area contributed by atoms with E-state index in [1.54, 1.807) is 48.5 Å². The van der Waals surface area contributed by atoms with Crippen molar-refractivity contribution in [2.45, 2.75) is 103 Å². The molecule has 5 rings (SSSR count). The summed E-state index contributed by atoms with van der Waals surface area (Å²) < 4.78 is 44.0. The monoisotopic (exact) mass is 938 g/mol. The van der Waals surface area contributed by atoms with E-state index in [4.69, 9.17) is 37.9 Å². The Morgan fingerprint density at radius 1 is 0.426 bits per heavy atom. The largest absolute Gasteiger partial charge is 0.494 e. The van der Waals surface area contributed by atoms with Crippen LogP contribution < -0.4 is 28.4 Å². The van der Waals surface area contributed by atoms with E-state index in [-0.39, 0.29) is 40.8 Å². The molecule has 0 saturated heterocycles. The molecule has 0 amide bonds. The van der Waals surface area contributed by atoms with Gasteiger partial charge in [-0.05, 0) is 169 Å². The molecular weight excluding hydrogens is 877 g/mol. The molecule has 0 spiro atoms. The summed E-state index contributed by atoms with van der Waals surface area (Å²) in [5, 5.41) is 0. The fourth-order valence-corrected chi connectivity index (χ4v) is 7.86. The molecular formula is C53H62O15. The fraction of sp³-hybridized carbons (Fsp3) is 0.453. The Morgan fingerprint density at radius 2 is 0.750 bits per heavy atom. The molecule has 2 aliphatic rings. The number of rotatable bonds is 27. The van der Waals surface area contributed by atoms with E-state index in [1.807, 2.05) is 0 Å². The van der Waals surface area contributed by atoms with Gasteiger partial charge in [0, 0.05) is 12.2 Å². The van der Waals surface area contributed by atoms with Gasteiger partial charge in [-0.1, -0.05) is 13.2 Å². The molecule has 0 atom stereocenters. The molecule has 364 valence electrons. The fourth-order valence-electron chi connectivity index (χ4n) is 7.86. The number of carbonyl (C=O) groups excluding carboxylic acids is 7. The zero-order valence-corrected chi connectivity index (χ0v) is 38.6. The second kappa shape index (κ2) is 28.4. The molecule has 0 aromatic heterocycles. The lowest BCUT2D eigenvalue weighted by Gasteiger charge is -2.26. The van der Waals surface area contributed by atoms with Crippen LogP contribution in [-0.4, -0.2) is 68.5 Å². The van der Waals surface area contributed by atoms with Gasteiger partial charge < -0.3 is 37.9 Å². The first-order valence-corrected chi connectivity index (χ1v) is 23.5. The quantitative estimate of drug-likeness (QED) is 0.0230. The predicted molar refractivity (Wildman–Crippen MR) is 248 cm³/mol. The zero-order valence-electron chi connectivity index (χ0n) is 38.6. The number of hydrogen-bond donors (Lipinski definition) is 0. The minimum atomic E-state index is -0.517. The van der Waals surface area contributed by atoms with Crippen molar-refractivity contribution in [3.05, 3.63) is 97.6 Å². The topological polar surface area (TPSA) is 193 Å². The SMILES string of the molecule is C=CC(=O)OCCCCCCOc1ccc(OC(=O)[C@H]2CC[C@H](C(=O)Oc3ccc(OC(=O)[C@H]4CC[C@H](C(=O)Oc5ccc(OCCCCCCOC(=O)C=C)cc5)CC4)c(C=O)c3)CC2)cc1. The molecule has 68 heavy (non-hydrogen) atoms. The molecule has 0 aliphatic heterocycles. The zero-order chi connectivity index (χ0) is 48.5. The number of unbranched alkanes of at least 4 members (excludes halogenated alkanes) is 6. The van der Waals surface area contributed by atoms with Crippen LogP contribution in [0, 0.1) is 23.7 Å². The van der Waals surface area contributed by atoms with E-state index in [2.05, 4.69) is 13.2 Å². The van der Waals surface area contributed by atoms with Crippen LogP contribution in [-0.2, 0) is 38.2 Å². The van der Waals surface area contributed by atoms with Crippen molar-refractivity contribution in [2.24, 2.45) is 23.7 Å². The molecule has 0 radical (unpaired) electrons. The van der Waals surface area contributed by atoms with Gasteiger partial charge in [0.25, 0.3) is 0 Å². The minimum absolute atomic E-state index is 0.0395. The number of aldehydes is 1. The minimum Gasteiger partial charge on any atom is -0.494 e. The summed E-state index contributed by atoms with van der Waals surface area (Å²) in [5.74, 6) is -1.97. The molecule has 2 saturated carbocycles. The van der Waals surface area contributed by atoms with Crippen molar-refractivity contribution in [2.75, 3.05) is 26.4 Å². The van der Waals surface area contributed by atoms with Gasteiger partial charge in [0.15, 0.2) is 6.29 Å². The van der Waals surface area contributed by atoms with Gasteiger partial charge in [-0.3, -0.25) is 24.0 Å². The summed E-state index contributed by atoms with van der Waals surface area (Å²) in [6.45, 7) is 8.54. The maximum Gasteiger partial charge on any atom is 0.330 e. The highest BCUT2D eigenvalue weighted by molar-refractivity contribution is 5.85. The third kappa shape index (κ3) is 17.8. The molecule has 0 heterocycles. The van der Waals surface area contributed by atoms with Crippen LogP contribution in [0.2, 0.25) is 0 Å². The Labute approximate surface area is 397 Å². The molecule has 0 N–H and O–H groups in total. The van der Waals surface area contributed by atoms with E-state index in [9.17, 15) is 33.6 Å². The Balaban J connectivity index is 0.949. The number of ether oxygens (including phenoxy) is 8. The highest BCUT2D eigenvalue weighted by Crippen LogP contribution is 2.35. The van der Waals surface area contributed by atoms with Crippen LogP contribution >= 0.6 is 0 Å². The van der Waals surface area contributed by atoms with Crippen molar-refractivity contribution < 1.29 is 71.5 Å². The van der Waals surface area contributed by atoms with Crippen LogP contribution in [0.1, 0.15) is 113 Å². The van der Waals surface area contributed by atoms with Crippen molar-refractivity contribution in [3.8, 4) is 34.5 Å². The number of benzene rings is 3. The first-order valence-electron chi connectivity index (χ1n) is 23.5. The van der Waals surface area contributed by atoms with E-state index in [0.29, 0.717) is 107 Å². The van der Waals surface area contributed by atoms with E-state index in [0.717, 1.165) is 63.5 Å². The molecule has 3 aromatic rings. The second-order valence-corrected chi connectivity index (χ2v) is 16.8. The Hall–Kier alpha value is -6.77. The van der Waals surface area contributed by atoms with Crippen LogP contribution in [0.15, 0.2) is 92.0 Å². The summed E-state index contributed by atoms with van der Waals surface area (Å²) in [4.78, 5) is 86.3. The first-order chi connectivity index (χ1) is 33.0.